The van der Waals surface area contributed by atoms with Gasteiger partial charge in [0.05, 0.1) is 27.7 Å². The van der Waals surface area contributed by atoms with Crippen molar-refractivity contribution in [2.45, 2.75) is 0 Å². The molecule has 230 valence electrons. The average molecular weight is 635 g/mol. The molecule has 0 spiro atoms. The standard InChI is InChI=1S/C45H30N4/c1-4-16-31(17-5-1)34-28-29-39(42(30-34)49-40-26-14-12-23-36(40)37-24-13-15-27-41(37)49)45-47-43(33-20-8-3-9-21-33)46-44(48-45)38-25-11-10-22-35(38)32-18-6-2-7-19-32/h1-30H/i12D,13D,14D,15D,23D,24D,26D,27D. The minimum atomic E-state index is -0.510. The maximum atomic E-state index is 9.22. The molecule has 0 saturated heterocycles. The van der Waals surface area contributed by atoms with E-state index in [-0.39, 0.29) is 27.6 Å². The van der Waals surface area contributed by atoms with Crippen LogP contribution < -0.4 is 0 Å². The van der Waals surface area contributed by atoms with Gasteiger partial charge in [-0.15, -0.1) is 0 Å². The number of hydrogen-bond donors (Lipinski definition) is 0. The minimum absolute atomic E-state index is 0.00134. The normalized spacial score (nSPS) is 13.6. The van der Waals surface area contributed by atoms with Gasteiger partial charge in [0.2, 0.25) is 0 Å². The first-order valence-corrected chi connectivity index (χ1v) is 15.8. The number of para-hydroxylation sites is 2. The molecule has 0 aliphatic carbocycles. The first-order chi connectivity index (χ1) is 27.6. The van der Waals surface area contributed by atoms with Gasteiger partial charge in [-0.25, -0.2) is 15.0 Å². The highest BCUT2D eigenvalue weighted by molar-refractivity contribution is 6.09. The first-order valence-electron chi connectivity index (χ1n) is 19.8. The number of aromatic nitrogens is 4. The zero-order chi connectivity index (χ0) is 39.5. The van der Waals surface area contributed by atoms with E-state index in [0.29, 0.717) is 22.9 Å². The smallest absolute Gasteiger partial charge is 0.166 e. The van der Waals surface area contributed by atoms with Crippen molar-refractivity contribution in [3.63, 3.8) is 0 Å². The second kappa shape index (κ2) is 12.2. The van der Waals surface area contributed by atoms with Crippen molar-refractivity contribution in [2.24, 2.45) is 0 Å². The molecule has 9 aromatic rings. The summed E-state index contributed by atoms with van der Waals surface area (Å²) in [4.78, 5) is 15.2. The van der Waals surface area contributed by atoms with Crippen molar-refractivity contribution in [3.8, 4) is 62.1 Å². The Hall–Kier alpha value is -6.65. The predicted octanol–water partition coefficient (Wildman–Crippen LogP) is 11.3. The van der Waals surface area contributed by atoms with Crippen LogP contribution in [0, 0.1) is 0 Å². The molecule has 0 amide bonds. The van der Waals surface area contributed by atoms with Crippen LogP contribution >= 0.6 is 0 Å². The van der Waals surface area contributed by atoms with Crippen LogP contribution in [-0.4, -0.2) is 19.5 Å². The lowest BCUT2D eigenvalue weighted by molar-refractivity contribution is 1.06. The maximum absolute atomic E-state index is 9.22. The van der Waals surface area contributed by atoms with Gasteiger partial charge in [0.15, 0.2) is 17.5 Å². The SMILES string of the molecule is [2H]c1c([2H])c([2H])c2c(c1[2H])c1c([2H])c([2H])c([2H])c([2H])c1n2-c1cc(-c2ccccc2)ccc1-c1nc(-c2ccccc2)nc(-c2ccccc2-c2ccccc2)n1. The third-order valence-electron chi connectivity index (χ3n) is 8.54. The average Bonchev–Trinajstić information content (AvgIpc) is 3.63. The lowest BCUT2D eigenvalue weighted by Gasteiger charge is -2.17. The Labute approximate surface area is 295 Å². The van der Waals surface area contributed by atoms with Crippen LogP contribution in [0.5, 0.6) is 0 Å². The quantitative estimate of drug-likeness (QED) is 0.183. The van der Waals surface area contributed by atoms with Crippen molar-refractivity contribution in [2.75, 3.05) is 0 Å². The van der Waals surface area contributed by atoms with Gasteiger partial charge >= 0.3 is 0 Å². The van der Waals surface area contributed by atoms with Crippen molar-refractivity contribution >= 4 is 21.8 Å². The highest BCUT2D eigenvalue weighted by Crippen LogP contribution is 2.39. The minimum Gasteiger partial charge on any atom is -0.308 e. The summed E-state index contributed by atoms with van der Waals surface area (Å²) in [5.41, 5.74) is 5.76. The highest BCUT2D eigenvalue weighted by Gasteiger charge is 2.21. The van der Waals surface area contributed by atoms with E-state index in [1.165, 1.54) is 4.57 Å². The van der Waals surface area contributed by atoms with Crippen LogP contribution in [0.4, 0.5) is 0 Å². The summed E-state index contributed by atoms with van der Waals surface area (Å²) in [5, 5.41) is -0.0330. The van der Waals surface area contributed by atoms with Crippen molar-refractivity contribution in [1.29, 1.82) is 0 Å². The monoisotopic (exact) mass is 634 g/mol. The van der Waals surface area contributed by atoms with E-state index in [4.69, 9.17) is 23.2 Å². The molecule has 0 saturated carbocycles. The van der Waals surface area contributed by atoms with Gasteiger partial charge in [0, 0.05) is 27.5 Å². The summed E-state index contributed by atoms with van der Waals surface area (Å²) in [6, 6.07) is 38.9. The molecule has 0 aliphatic rings. The van der Waals surface area contributed by atoms with Gasteiger partial charge in [-0.05, 0) is 46.5 Å². The van der Waals surface area contributed by atoms with Crippen molar-refractivity contribution in [1.82, 2.24) is 19.5 Å². The van der Waals surface area contributed by atoms with Gasteiger partial charge in [-0.3, -0.25) is 0 Å². The third-order valence-corrected chi connectivity index (χ3v) is 8.54. The molecule has 4 heteroatoms. The zero-order valence-electron chi connectivity index (χ0n) is 34.0. The maximum Gasteiger partial charge on any atom is 0.166 e. The van der Waals surface area contributed by atoms with Crippen LogP contribution in [0.3, 0.4) is 0 Å². The van der Waals surface area contributed by atoms with Crippen LogP contribution in [-0.2, 0) is 0 Å². The van der Waals surface area contributed by atoms with E-state index < -0.39 is 48.3 Å². The van der Waals surface area contributed by atoms with E-state index in [1.807, 2.05) is 133 Å². The molecule has 4 nitrogen and oxygen atoms in total. The van der Waals surface area contributed by atoms with Crippen molar-refractivity contribution in [3.05, 3.63) is 182 Å². The van der Waals surface area contributed by atoms with Crippen LogP contribution in [0.25, 0.3) is 83.9 Å². The van der Waals surface area contributed by atoms with Crippen molar-refractivity contribution < 1.29 is 11.0 Å². The molecular formula is C45H30N4. The molecule has 7 aromatic carbocycles. The fraction of sp³-hybridized carbons (Fsp3) is 0. The summed E-state index contributed by atoms with van der Waals surface area (Å²) >= 11 is 0. The lowest BCUT2D eigenvalue weighted by Crippen LogP contribution is -2.04. The van der Waals surface area contributed by atoms with Crippen LogP contribution in [0.1, 0.15) is 11.0 Å². The van der Waals surface area contributed by atoms with Gasteiger partial charge < -0.3 is 4.57 Å². The molecule has 2 heterocycles. The highest BCUT2D eigenvalue weighted by atomic mass is 15.1. The molecule has 9 rings (SSSR count). The number of hydrogen-bond acceptors (Lipinski definition) is 3. The van der Waals surface area contributed by atoms with E-state index >= 15 is 0 Å². The number of nitrogens with zero attached hydrogens (tertiary/aromatic N) is 4. The van der Waals surface area contributed by atoms with Gasteiger partial charge in [0.1, 0.15) is 0 Å². The number of rotatable bonds is 6. The fourth-order valence-electron chi connectivity index (χ4n) is 6.26. The van der Waals surface area contributed by atoms with Crippen LogP contribution in [0.2, 0.25) is 0 Å². The summed E-state index contributed by atoms with van der Waals surface area (Å²) in [6.45, 7) is 0. The Kier molecular flexibility index (Phi) is 5.29. The molecule has 2 aromatic heterocycles. The molecule has 49 heavy (non-hydrogen) atoms. The van der Waals surface area contributed by atoms with E-state index in [2.05, 4.69) is 0 Å². The molecule has 0 N–H and O–H groups in total. The topological polar surface area (TPSA) is 43.6 Å². The largest absolute Gasteiger partial charge is 0.308 e. The molecular weight excluding hydrogens is 597 g/mol. The lowest BCUT2D eigenvalue weighted by atomic mass is 9.99. The summed E-state index contributed by atoms with van der Waals surface area (Å²) in [7, 11) is 0. The van der Waals surface area contributed by atoms with Crippen LogP contribution in [0.15, 0.2) is 182 Å². The Morgan fingerprint density at radius 2 is 0.878 bits per heavy atom. The van der Waals surface area contributed by atoms with Gasteiger partial charge in [-0.1, -0.05) is 158 Å². The van der Waals surface area contributed by atoms with E-state index in [1.54, 1.807) is 0 Å². The van der Waals surface area contributed by atoms with Gasteiger partial charge in [0.25, 0.3) is 0 Å². The second-order valence-electron chi connectivity index (χ2n) is 11.5. The molecule has 0 fully saturated rings. The van der Waals surface area contributed by atoms with E-state index in [0.717, 1.165) is 33.4 Å². The fourth-order valence-corrected chi connectivity index (χ4v) is 6.26. The van der Waals surface area contributed by atoms with E-state index in [9.17, 15) is 2.74 Å². The first kappa shape index (κ1) is 21.3. The molecule has 0 radical (unpaired) electrons. The number of fused-ring (bicyclic) bond motifs is 3. The molecule has 0 unspecified atom stereocenters. The number of benzene rings is 7. The predicted molar refractivity (Wildman–Crippen MR) is 201 cm³/mol. The molecule has 0 aliphatic heterocycles. The molecule has 0 bridgehead atoms. The van der Waals surface area contributed by atoms with Gasteiger partial charge in [-0.2, -0.15) is 0 Å². The zero-order valence-corrected chi connectivity index (χ0v) is 26.0. The summed E-state index contributed by atoms with van der Waals surface area (Å²) in [5.74, 6) is 1.03. The Bertz CT molecular complexity index is 2970. The summed E-state index contributed by atoms with van der Waals surface area (Å²) < 4.78 is 72.6. The Balaban J connectivity index is 1.44. The second-order valence-corrected chi connectivity index (χ2v) is 11.5. The summed E-state index contributed by atoms with van der Waals surface area (Å²) in [6.07, 6.45) is 0. The Morgan fingerprint density at radius 3 is 1.51 bits per heavy atom. The third kappa shape index (κ3) is 5.16. The Morgan fingerprint density at radius 1 is 0.388 bits per heavy atom. The molecule has 0 atom stereocenters.